The molecule has 0 aliphatic carbocycles. The lowest BCUT2D eigenvalue weighted by Crippen LogP contribution is -2.07. The van der Waals surface area contributed by atoms with Crippen LogP contribution in [0.25, 0.3) is 5.82 Å². The van der Waals surface area contributed by atoms with Gasteiger partial charge in [-0.1, -0.05) is 0 Å². The van der Waals surface area contributed by atoms with Crippen molar-refractivity contribution in [2.75, 3.05) is 0 Å². The average Bonchev–Trinajstić information content (AvgIpc) is 2.69. The quantitative estimate of drug-likeness (QED) is 0.808. The normalized spacial score (nSPS) is 11.8. The number of pyridine rings is 1. The molecule has 0 N–H and O–H groups in total. The van der Waals surface area contributed by atoms with Crippen molar-refractivity contribution in [1.82, 2.24) is 14.5 Å². The maximum Gasteiger partial charge on any atom is 0.417 e. The number of rotatable bonds is 1. The molecule has 2 aromatic heterocycles. The van der Waals surface area contributed by atoms with Crippen LogP contribution >= 0.6 is 15.9 Å². The molecule has 0 saturated heterocycles. The van der Waals surface area contributed by atoms with Crippen LogP contribution in [0.3, 0.4) is 0 Å². The summed E-state index contributed by atoms with van der Waals surface area (Å²) in [4.78, 5) is 7.53. The summed E-state index contributed by atoms with van der Waals surface area (Å²) in [6, 6.07) is 0.988. The molecular weight excluding hydrogens is 287 g/mol. The van der Waals surface area contributed by atoms with Gasteiger partial charge in [-0.05, 0) is 22.0 Å². The highest BCUT2D eigenvalue weighted by Gasteiger charge is 2.31. The second-order valence-electron chi connectivity index (χ2n) is 3.00. The van der Waals surface area contributed by atoms with Crippen molar-refractivity contribution >= 4 is 15.9 Å². The summed E-state index contributed by atoms with van der Waals surface area (Å²) in [5, 5.41) is 0. The Balaban J connectivity index is 2.46. The predicted octanol–water partition coefficient (Wildman–Crippen LogP) is 3.05. The second-order valence-corrected chi connectivity index (χ2v) is 3.85. The Kier molecular flexibility index (Phi) is 2.71. The van der Waals surface area contributed by atoms with E-state index in [1.54, 1.807) is 6.20 Å². The molecule has 0 aliphatic heterocycles. The number of hydrogen-bond acceptors (Lipinski definition) is 2. The highest BCUT2D eigenvalue weighted by atomic mass is 79.9. The standard InChI is InChI=1S/C9H5BrF3N3/c10-7-3-6(9(11,12)13)4-15-8(7)16-2-1-14-5-16/h1-5H. The lowest BCUT2D eigenvalue weighted by molar-refractivity contribution is -0.137. The maximum atomic E-state index is 12.4. The zero-order chi connectivity index (χ0) is 11.8. The SMILES string of the molecule is FC(F)(F)c1cnc(-n2ccnc2)c(Br)c1. The molecule has 0 amide bonds. The van der Waals surface area contributed by atoms with Crippen LogP contribution in [-0.4, -0.2) is 14.5 Å². The van der Waals surface area contributed by atoms with Crippen LogP contribution in [0.5, 0.6) is 0 Å². The third-order valence-electron chi connectivity index (χ3n) is 1.90. The molecular formula is C9H5BrF3N3. The Hall–Kier alpha value is -1.37. The fraction of sp³-hybridized carbons (Fsp3) is 0.111. The van der Waals surface area contributed by atoms with E-state index < -0.39 is 11.7 Å². The van der Waals surface area contributed by atoms with Gasteiger partial charge >= 0.3 is 6.18 Å². The number of imidazole rings is 1. The molecule has 0 spiro atoms. The molecule has 0 aromatic carbocycles. The molecule has 0 unspecified atom stereocenters. The van der Waals surface area contributed by atoms with Crippen LogP contribution in [0.1, 0.15) is 5.56 Å². The van der Waals surface area contributed by atoms with Gasteiger partial charge in [-0.2, -0.15) is 13.2 Å². The maximum absolute atomic E-state index is 12.4. The van der Waals surface area contributed by atoms with Gasteiger partial charge in [0.2, 0.25) is 0 Å². The van der Waals surface area contributed by atoms with Crippen molar-refractivity contribution in [2.24, 2.45) is 0 Å². The van der Waals surface area contributed by atoms with Gasteiger partial charge in [0.25, 0.3) is 0 Å². The summed E-state index contributed by atoms with van der Waals surface area (Å²) >= 11 is 3.05. The summed E-state index contributed by atoms with van der Waals surface area (Å²) in [5.41, 5.74) is -0.789. The van der Waals surface area contributed by atoms with Gasteiger partial charge in [0.1, 0.15) is 6.33 Å². The second kappa shape index (κ2) is 3.89. The smallest absolute Gasteiger partial charge is 0.290 e. The van der Waals surface area contributed by atoms with Crippen molar-refractivity contribution in [3.8, 4) is 5.82 Å². The Morgan fingerprint density at radius 3 is 2.56 bits per heavy atom. The molecule has 84 valence electrons. The van der Waals surface area contributed by atoms with Crippen molar-refractivity contribution in [3.05, 3.63) is 41.0 Å². The largest absolute Gasteiger partial charge is 0.417 e. The van der Waals surface area contributed by atoms with Gasteiger partial charge in [0.05, 0.1) is 10.0 Å². The Bertz CT molecular complexity index is 493. The number of hydrogen-bond donors (Lipinski definition) is 0. The Labute approximate surface area is 97.1 Å². The molecule has 0 aliphatic rings. The van der Waals surface area contributed by atoms with Crippen LogP contribution in [0.2, 0.25) is 0 Å². The summed E-state index contributed by atoms with van der Waals surface area (Å²) in [7, 11) is 0. The molecule has 2 heterocycles. The molecule has 0 saturated carbocycles. The fourth-order valence-corrected chi connectivity index (χ4v) is 1.71. The molecule has 2 aromatic rings. The van der Waals surface area contributed by atoms with E-state index in [0.717, 1.165) is 12.3 Å². The minimum atomic E-state index is -4.39. The summed E-state index contributed by atoms with van der Waals surface area (Å²) in [5.74, 6) is 0.366. The van der Waals surface area contributed by atoms with Crippen LogP contribution in [-0.2, 0) is 6.18 Å². The van der Waals surface area contributed by atoms with Crippen molar-refractivity contribution < 1.29 is 13.2 Å². The van der Waals surface area contributed by atoms with E-state index in [2.05, 4.69) is 25.9 Å². The van der Waals surface area contributed by atoms with Crippen molar-refractivity contribution in [3.63, 3.8) is 0 Å². The molecule has 0 bridgehead atoms. The molecule has 3 nitrogen and oxygen atoms in total. The highest BCUT2D eigenvalue weighted by Crippen LogP contribution is 2.31. The molecule has 2 rings (SSSR count). The fourth-order valence-electron chi connectivity index (χ4n) is 1.16. The van der Waals surface area contributed by atoms with Gasteiger partial charge in [-0.15, -0.1) is 0 Å². The first kappa shape index (κ1) is 11.1. The van der Waals surface area contributed by atoms with Crippen LogP contribution in [0.15, 0.2) is 35.5 Å². The van der Waals surface area contributed by atoms with E-state index in [4.69, 9.17) is 0 Å². The third kappa shape index (κ3) is 2.08. The van der Waals surface area contributed by atoms with Gasteiger partial charge in [0, 0.05) is 18.6 Å². The van der Waals surface area contributed by atoms with Crippen molar-refractivity contribution in [1.29, 1.82) is 0 Å². The summed E-state index contributed by atoms with van der Waals surface area (Å²) in [6.07, 6.45) is 0.982. The highest BCUT2D eigenvalue weighted by molar-refractivity contribution is 9.10. The van der Waals surface area contributed by atoms with E-state index in [1.807, 2.05) is 0 Å². The first-order valence-corrected chi connectivity index (χ1v) is 4.99. The van der Waals surface area contributed by atoms with E-state index in [1.165, 1.54) is 17.1 Å². The molecule has 0 atom stereocenters. The predicted molar refractivity (Wildman–Crippen MR) is 54.1 cm³/mol. The molecule has 0 fully saturated rings. The van der Waals surface area contributed by atoms with Crippen molar-refractivity contribution in [2.45, 2.75) is 6.18 Å². The number of aromatic nitrogens is 3. The lowest BCUT2D eigenvalue weighted by atomic mass is 10.3. The number of alkyl halides is 3. The van der Waals surface area contributed by atoms with E-state index in [-0.39, 0.29) is 4.47 Å². The van der Waals surface area contributed by atoms with Crippen LogP contribution in [0.4, 0.5) is 13.2 Å². The van der Waals surface area contributed by atoms with Crippen LogP contribution in [0, 0.1) is 0 Å². The zero-order valence-electron chi connectivity index (χ0n) is 7.74. The van der Waals surface area contributed by atoms with E-state index >= 15 is 0 Å². The Morgan fingerprint density at radius 2 is 2.06 bits per heavy atom. The average molecular weight is 292 g/mol. The molecule has 0 radical (unpaired) electrons. The zero-order valence-corrected chi connectivity index (χ0v) is 9.33. The van der Waals surface area contributed by atoms with Gasteiger partial charge in [-0.25, -0.2) is 9.97 Å². The molecule has 7 heteroatoms. The minimum absolute atomic E-state index is 0.264. The first-order chi connectivity index (χ1) is 7.48. The third-order valence-corrected chi connectivity index (χ3v) is 2.48. The number of nitrogens with zero attached hydrogens (tertiary/aromatic N) is 3. The first-order valence-electron chi connectivity index (χ1n) is 4.19. The topological polar surface area (TPSA) is 30.7 Å². The van der Waals surface area contributed by atoms with Gasteiger partial charge in [-0.3, -0.25) is 4.57 Å². The van der Waals surface area contributed by atoms with E-state index in [9.17, 15) is 13.2 Å². The Morgan fingerprint density at radius 1 is 1.31 bits per heavy atom. The molecule has 16 heavy (non-hydrogen) atoms. The van der Waals surface area contributed by atoms with E-state index in [0.29, 0.717) is 5.82 Å². The summed E-state index contributed by atoms with van der Waals surface area (Å²) in [6.45, 7) is 0. The minimum Gasteiger partial charge on any atom is -0.290 e. The monoisotopic (exact) mass is 291 g/mol. The number of halogens is 4. The lowest BCUT2D eigenvalue weighted by Gasteiger charge is -2.09. The van der Waals surface area contributed by atoms with Gasteiger partial charge in [0.15, 0.2) is 5.82 Å². The van der Waals surface area contributed by atoms with Crippen LogP contribution < -0.4 is 0 Å². The van der Waals surface area contributed by atoms with Gasteiger partial charge < -0.3 is 0 Å². The summed E-state index contributed by atoms with van der Waals surface area (Å²) < 4.78 is 38.9.